The van der Waals surface area contributed by atoms with E-state index in [1.165, 1.54) is 5.56 Å². The molecule has 0 aromatic heterocycles. The third-order valence-corrected chi connectivity index (χ3v) is 4.19. The molecule has 1 fully saturated rings. The van der Waals surface area contributed by atoms with Gasteiger partial charge in [0.1, 0.15) is 11.9 Å². The highest BCUT2D eigenvalue weighted by Gasteiger charge is 2.28. The fourth-order valence-electron chi connectivity index (χ4n) is 2.76. The second-order valence-electron chi connectivity index (χ2n) is 5.31. The van der Waals surface area contributed by atoms with Crippen molar-refractivity contribution in [2.45, 2.75) is 12.5 Å². The van der Waals surface area contributed by atoms with Gasteiger partial charge < -0.3 is 10.1 Å². The van der Waals surface area contributed by atoms with E-state index in [1.807, 2.05) is 30.3 Å². The van der Waals surface area contributed by atoms with E-state index in [-0.39, 0.29) is 18.5 Å². The largest absolute Gasteiger partial charge is 0.485 e. The van der Waals surface area contributed by atoms with Crippen LogP contribution in [0.4, 0.5) is 0 Å². The number of halogens is 3. The van der Waals surface area contributed by atoms with Crippen LogP contribution < -0.4 is 10.1 Å². The van der Waals surface area contributed by atoms with E-state index in [2.05, 4.69) is 17.4 Å². The van der Waals surface area contributed by atoms with Crippen LogP contribution in [0, 0.1) is 5.92 Å². The van der Waals surface area contributed by atoms with Crippen molar-refractivity contribution in [3.63, 3.8) is 0 Å². The van der Waals surface area contributed by atoms with Crippen LogP contribution >= 0.6 is 35.6 Å². The van der Waals surface area contributed by atoms with Crippen molar-refractivity contribution in [2.75, 3.05) is 13.1 Å². The number of rotatable bonds is 4. The number of benzene rings is 2. The molecule has 0 radical (unpaired) electrons. The van der Waals surface area contributed by atoms with Crippen LogP contribution in [0.3, 0.4) is 0 Å². The van der Waals surface area contributed by atoms with E-state index in [9.17, 15) is 0 Å². The first-order valence-corrected chi connectivity index (χ1v) is 7.86. The molecule has 0 unspecified atom stereocenters. The minimum Gasteiger partial charge on any atom is -0.485 e. The topological polar surface area (TPSA) is 21.3 Å². The summed E-state index contributed by atoms with van der Waals surface area (Å²) in [7, 11) is 0. The lowest BCUT2D eigenvalue weighted by Crippen LogP contribution is -2.21. The lowest BCUT2D eigenvalue weighted by Gasteiger charge is -2.25. The number of ether oxygens (including phenoxy) is 1. The Kier molecular flexibility index (Phi) is 6.39. The summed E-state index contributed by atoms with van der Waals surface area (Å²) >= 11 is 12.1. The molecule has 0 aliphatic carbocycles. The summed E-state index contributed by atoms with van der Waals surface area (Å²) in [5.74, 6) is 1.17. The van der Waals surface area contributed by atoms with Crippen molar-refractivity contribution < 1.29 is 4.74 Å². The van der Waals surface area contributed by atoms with Crippen molar-refractivity contribution in [1.29, 1.82) is 0 Å². The minimum atomic E-state index is 0. The molecule has 0 saturated carbocycles. The van der Waals surface area contributed by atoms with Gasteiger partial charge in [0.25, 0.3) is 0 Å². The van der Waals surface area contributed by atoms with Crippen LogP contribution in [0.25, 0.3) is 0 Å². The van der Waals surface area contributed by atoms with Gasteiger partial charge in [0.2, 0.25) is 0 Å². The highest BCUT2D eigenvalue weighted by atomic mass is 35.5. The van der Waals surface area contributed by atoms with Gasteiger partial charge in [-0.15, -0.1) is 12.4 Å². The predicted octanol–water partition coefficient (Wildman–Crippen LogP) is 5.14. The molecule has 1 heterocycles. The second kappa shape index (κ2) is 8.07. The minimum absolute atomic E-state index is 0. The molecule has 2 nitrogen and oxygen atoms in total. The summed E-state index contributed by atoms with van der Waals surface area (Å²) < 4.78 is 6.24. The standard InChI is InChI=1S/C17H17Cl2NO.ClH/c18-14-8-15(19)10-16(9-14)21-17(13-6-7-20-11-13)12-4-2-1-3-5-12;/h1-5,8-10,13,17,20H,6-7,11H2;1H/t13-,17-;/m1./s1. The molecule has 3 rings (SSSR count). The smallest absolute Gasteiger partial charge is 0.128 e. The molecular formula is C17H18Cl3NO. The number of hydrogen-bond acceptors (Lipinski definition) is 2. The summed E-state index contributed by atoms with van der Waals surface area (Å²) in [6, 6.07) is 15.6. The zero-order valence-electron chi connectivity index (χ0n) is 12.0. The van der Waals surface area contributed by atoms with Crippen LogP contribution in [0.2, 0.25) is 10.0 Å². The quantitative estimate of drug-likeness (QED) is 0.816. The Morgan fingerprint density at radius 1 is 1.05 bits per heavy atom. The molecule has 2 aromatic carbocycles. The fraction of sp³-hybridized carbons (Fsp3) is 0.294. The zero-order chi connectivity index (χ0) is 14.7. The Bertz CT molecular complexity index is 580. The summed E-state index contributed by atoms with van der Waals surface area (Å²) in [6.45, 7) is 2.00. The maximum Gasteiger partial charge on any atom is 0.128 e. The van der Waals surface area contributed by atoms with Crippen molar-refractivity contribution in [2.24, 2.45) is 5.92 Å². The summed E-state index contributed by atoms with van der Waals surface area (Å²) in [6.07, 6.45) is 1.11. The fourth-order valence-corrected chi connectivity index (χ4v) is 3.26. The molecule has 1 saturated heterocycles. The van der Waals surface area contributed by atoms with E-state index < -0.39 is 0 Å². The van der Waals surface area contributed by atoms with Gasteiger partial charge in [-0.3, -0.25) is 0 Å². The highest BCUT2D eigenvalue weighted by Crippen LogP contribution is 2.34. The molecule has 0 spiro atoms. The van der Waals surface area contributed by atoms with Crippen molar-refractivity contribution in [3.8, 4) is 5.75 Å². The second-order valence-corrected chi connectivity index (χ2v) is 6.18. The molecular weight excluding hydrogens is 341 g/mol. The van der Waals surface area contributed by atoms with Gasteiger partial charge in [-0.2, -0.15) is 0 Å². The third kappa shape index (κ3) is 4.30. The Morgan fingerprint density at radius 3 is 2.32 bits per heavy atom. The molecule has 1 aliphatic heterocycles. The zero-order valence-corrected chi connectivity index (χ0v) is 14.3. The number of hydrogen-bond donors (Lipinski definition) is 1. The third-order valence-electron chi connectivity index (χ3n) is 3.75. The molecule has 0 amide bonds. The highest BCUT2D eigenvalue weighted by molar-refractivity contribution is 6.34. The first-order valence-electron chi connectivity index (χ1n) is 7.11. The molecule has 1 aliphatic rings. The van der Waals surface area contributed by atoms with E-state index >= 15 is 0 Å². The van der Waals surface area contributed by atoms with E-state index in [0.717, 1.165) is 19.5 Å². The van der Waals surface area contributed by atoms with Gasteiger partial charge in [-0.25, -0.2) is 0 Å². The lowest BCUT2D eigenvalue weighted by atomic mass is 9.95. The molecule has 2 atom stereocenters. The first kappa shape index (κ1) is 17.4. The van der Waals surface area contributed by atoms with Crippen molar-refractivity contribution in [1.82, 2.24) is 5.32 Å². The first-order chi connectivity index (χ1) is 10.2. The number of nitrogens with one attached hydrogen (secondary N) is 1. The van der Waals surface area contributed by atoms with Crippen LogP contribution in [0.15, 0.2) is 48.5 Å². The predicted molar refractivity (Wildman–Crippen MR) is 94.5 cm³/mol. The van der Waals surface area contributed by atoms with Gasteiger partial charge in [0.05, 0.1) is 0 Å². The SMILES string of the molecule is Cl.Clc1cc(Cl)cc(O[C@H](c2ccccc2)[C@@H]2CCNC2)c1. The Labute approximate surface area is 147 Å². The van der Waals surface area contributed by atoms with Crippen LogP contribution in [0.5, 0.6) is 5.75 Å². The maximum absolute atomic E-state index is 6.24. The summed E-state index contributed by atoms with van der Waals surface area (Å²) in [5.41, 5.74) is 1.18. The van der Waals surface area contributed by atoms with Gasteiger partial charge in [-0.1, -0.05) is 53.5 Å². The van der Waals surface area contributed by atoms with Gasteiger partial charge in [-0.05, 0) is 36.7 Å². The molecule has 0 bridgehead atoms. The van der Waals surface area contributed by atoms with Crippen molar-refractivity contribution >= 4 is 35.6 Å². The normalized spacial score (nSPS) is 18.5. The summed E-state index contributed by atoms with van der Waals surface area (Å²) in [5, 5.41) is 4.58. The van der Waals surface area contributed by atoms with Gasteiger partial charge in [0, 0.05) is 22.5 Å². The Morgan fingerprint density at radius 2 is 1.73 bits per heavy atom. The van der Waals surface area contributed by atoms with Crippen LogP contribution in [0.1, 0.15) is 18.1 Å². The Hall–Kier alpha value is -0.930. The van der Waals surface area contributed by atoms with Crippen molar-refractivity contribution in [3.05, 3.63) is 64.1 Å². The Balaban J connectivity index is 0.00000176. The van der Waals surface area contributed by atoms with E-state index in [1.54, 1.807) is 6.07 Å². The average Bonchev–Trinajstić information content (AvgIpc) is 2.98. The van der Waals surface area contributed by atoms with Crippen LogP contribution in [-0.2, 0) is 0 Å². The van der Waals surface area contributed by atoms with E-state index in [0.29, 0.717) is 21.7 Å². The van der Waals surface area contributed by atoms with Crippen LogP contribution in [-0.4, -0.2) is 13.1 Å². The molecule has 1 N–H and O–H groups in total. The molecule has 2 aromatic rings. The van der Waals surface area contributed by atoms with Gasteiger partial charge in [0.15, 0.2) is 0 Å². The monoisotopic (exact) mass is 357 g/mol. The summed E-state index contributed by atoms with van der Waals surface area (Å²) in [4.78, 5) is 0. The average molecular weight is 359 g/mol. The van der Waals surface area contributed by atoms with E-state index in [4.69, 9.17) is 27.9 Å². The van der Waals surface area contributed by atoms with Gasteiger partial charge >= 0.3 is 0 Å². The molecule has 22 heavy (non-hydrogen) atoms. The lowest BCUT2D eigenvalue weighted by molar-refractivity contribution is 0.144. The maximum atomic E-state index is 6.24. The molecule has 5 heteroatoms. The molecule has 118 valence electrons.